The van der Waals surface area contributed by atoms with Gasteiger partial charge in [0, 0.05) is 24.7 Å². The van der Waals surface area contributed by atoms with Crippen LogP contribution in [0.4, 0.5) is 4.39 Å². The van der Waals surface area contributed by atoms with E-state index in [9.17, 15) is 9.18 Å². The third-order valence-electron chi connectivity index (χ3n) is 4.03. The zero-order chi connectivity index (χ0) is 14.0. The second-order valence-corrected chi connectivity index (χ2v) is 5.42. The summed E-state index contributed by atoms with van der Waals surface area (Å²) < 4.78 is 13.9. The van der Waals surface area contributed by atoms with Gasteiger partial charge >= 0.3 is 0 Å². The van der Waals surface area contributed by atoms with E-state index in [0.29, 0.717) is 31.6 Å². The van der Waals surface area contributed by atoms with Crippen molar-refractivity contribution in [1.82, 2.24) is 4.90 Å². The van der Waals surface area contributed by atoms with Gasteiger partial charge in [-0.3, -0.25) is 9.69 Å². The molecule has 0 bridgehead atoms. The molecule has 2 atom stereocenters. The SMILES string of the molecule is CC1(C(N)=O)CCN(C(CN)c2ccccc2F)C1. The lowest BCUT2D eigenvalue weighted by molar-refractivity contribution is -0.126. The Kier molecular flexibility index (Phi) is 3.87. The molecule has 1 aromatic carbocycles. The lowest BCUT2D eigenvalue weighted by atomic mass is 9.89. The van der Waals surface area contributed by atoms with Crippen LogP contribution in [-0.2, 0) is 4.79 Å². The lowest BCUT2D eigenvalue weighted by Crippen LogP contribution is -2.39. The smallest absolute Gasteiger partial charge is 0.224 e. The molecule has 2 rings (SSSR count). The first-order valence-corrected chi connectivity index (χ1v) is 6.46. The minimum atomic E-state index is -0.543. The van der Waals surface area contributed by atoms with E-state index in [1.165, 1.54) is 6.07 Å². The first kappa shape index (κ1) is 14.0. The standard InChI is InChI=1S/C14H20FN3O/c1-14(13(17)19)6-7-18(9-14)12(8-16)10-4-2-3-5-11(10)15/h2-5,12H,6-9,16H2,1H3,(H2,17,19). The summed E-state index contributed by atoms with van der Waals surface area (Å²) in [5.41, 5.74) is 11.3. The maximum Gasteiger partial charge on any atom is 0.224 e. The molecule has 19 heavy (non-hydrogen) atoms. The van der Waals surface area contributed by atoms with Gasteiger partial charge in [0.15, 0.2) is 0 Å². The molecule has 2 unspecified atom stereocenters. The van der Waals surface area contributed by atoms with Gasteiger partial charge < -0.3 is 11.5 Å². The van der Waals surface area contributed by atoms with Crippen molar-refractivity contribution in [3.8, 4) is 0 Å². The summed E-state index contributed by atoms with van der Waals surface area (Å²) in [6.07, 6.45) is 0.688. The molecule has 4 nitrogen and oxygen atoms in total. The highest BCUT2D eigenvalue weighted by Gasteiger charge is 2.41. The molecule has 0 aromatic heterocycles. The number of likely N-dealkylation sites (tertiary alicyclic amines) is 1. The fourth-order valence-corrected chi connectivity index (χ4v) is 2.68. The number of nitrogens with two attached hydrogens (primary N) is 2. The van der Waals surface area contributed by atoms with Gasteiger partial charge in [-0.1, -0.05) is 18.2 Å². The van der Waals surface area contributed by atoms with E-state index >= 15 is 0 Å². The van der Waals surface area contributed by atoms with Gasteiger partial charge in [0.1, 0.15) is 5.82 Å². The summed E-state index contributed by atoms with van der Waals surface area (Å²) >= 11 is 0. The summed E-state index contributed by atoms with van der Waals surface area (Å²) in [6.45, 7) is 3.40. The van der Waals surface area contributed by atoms with Crippen LogP contribution in [0.15, 0.2) is 24.3 Å². The van der Waals surface area contributed by atoms with Gasteiger partial charge in [-0.15, -0.1) is 0 Å². The van der Waals surface area contributed by atoms with Crippen LogP contribution in [0.1, 0.15) is 24.9 Å². The van der Waals surface area contributed by atoms with Crippen molar-refractivity contribution >= 4 is 5.91 Å². The first-order chi connectivity index (χ1) is 8.98. The van der Waals surface area contributed by atoms with E-state index in [1.54, 1.807) is 18.2 Å². The number of rotatable bonds is 4. The highest BCUT2D eigenvalue weighted by molar-refractivity contribution is 5.81. The minimum Gasteiger partial charge on any atom is -0.369 e. The quantitative estimate of drug-likeness (QED) is 0.854. The molecule has 1 aliphatic rings. The molecule has 1 heterocycles. The number of carbonyl (C=O) groups is 1. The van der Waals surface area contributed by atoms with Gasteiger partial charge in [0.25, 0.3) is 0 Å². The fraction of sp³-hybridized carbons (Fsp3) is 0.500. The Labute approximate surface area is 112 Å². The lowest BCUT2D eigenvalue weighted by Gasteiger charge is -2.29. The third-order valence-corrected chi connectivity index (χ3v) is 4.03. The van der Waals surface area contributed by atoms with Gasteiger partial charge in [0.05, 0.1) is 5.41 Å². The van der Waals surface area contributed by atoms with E-state index in [2.05, 4.69) is 0 Å². The van der Waals surface area contributed by atoms with Crippen molar-refractivity contribution in [3.63, 3.8) is 0 Å². The predicted octanol–water partition coefficient (Wildman–Crippen LogP) is 1.02. The highest BCUT2D eigenvalue weighted by Crippen LogP contribution is 2.35. The van der Waals surface area contributed by atoms with E-state index in [0.717, 1.165) is 0 Å². The van der Waals surface area contributed by atoms with Crippen molar-refractivity contribution in [1.29, 1.82) is 0 Å². The Hall–Kier alpha value is -1.46. The maximum atomic E-state index is 13.9. The zero-order valence-corrected chi connectivity index (χ0v) is 11.1. The van der Waals surface area contributed by atoms with Crippen LogP contribution in [0.25, 0.3) is 0 Å². The van der Waals surface area contributed by atoms with Crippen molar-refractivity contribution in [2.24, 2.45) is 16.9 Å². The highest BCUT2D eigenvalue weighted by atomic mass is 19.1. The Balaban J connectivity index is 2.21. The number of amides is 1. The zero-order valence-electron chi connectivity index (χ0n) is 11.1. The molecule has 0 saturated carbocycles. The van der Waals surface area contributed by atoms with Gasteiger partial charge in [-0.2, -0.15) is 0 Å². The molecular formula is C14H20FN3O. The second kappa shape index (κ2) is 5.27. The predicted molar refractivity (Wildman–Crippen MR) is 71.7 cm³/mol. The second-order valence-electron chi connectivity index (χ2n) is 5.42. The van der Waals surface area contributed by atoms with Gasteiger partial charge in [0.2, 0.25) is 5.91 Å². The fourth-order valence-electron chi connectivity index (χ4n) is 2.68. The average molecular weight is 265 g/mol. The maximum absolute atomic E-state index is 13.9. The van der Waals surface area contributed by atoms with Crippen molar-refractivity contribution in [2.45, 2.75) is 19.4 Å². The number of hydrogen-bond acceptors (Lipinski definition) is 3. The van der Waals surface area contributed by atoms with E-state index < -0.39 is 5.41 Å². The molecular weight excluding hydrogens is 245 g/mol. The van der Waals surface area contributed by atoms with Crippen molar-refractivity contribution in [2.75, 3.05) is 19.6 Å². The molecule has 1 saturated heterocycles. The summed E-state index contributed by atoms with van der Waals surface area (Å²) in [6, 6.07) is 6.42. The van der Waals surface area contributed by atoms with Gasteiger partial charge in [-0.05, 0) is 26.0 Å². The number of nitrogens with zero attached hydrogens (tertiary/aromatic N) is 1. The molecule has 1 fully saturated rings. The Bertz CT molecular complexity index is 480. The third kappa shape index (κ3) is 2.62. The average Bonchev–Trinajstić information content (AvgIpc) is 2.77. The molecule has 104 valence electrons. The minimum absolute atomic E-state index is 0.206. The molecule has 0 spiro atoms. The molecule has 5 heteroatoms. The topological polar surface area (TPSA) is 72.4 Å². The van der Waals surface area contributed by atoms with E-state index in [4.69, 9.17) is 11.5 Å². The summed E-state index contributed by atoms with van der Waals surface area (Å²) in [5.74, 6) is -0.565. The molecule has 1 amide bonds. The monoisotopic (exact) mass is 265 g/mol. The van der Waals surface area contributed by atoms with Crippen LogP contribution >= 0.6 is 0 Å². The Morgan fingerprint density at radius 2 is 2.21 bits per heavy atom. The molecule has 0 aliphatic carbocycles. The number of benzene rings is 1. The number of primary amides is 1. The Morgan fingerprint density at radius 1 is 1.53 bits per heavy atom. The first-order valence-electron chi connectivity index (χ1n) is 6.46. The summed E-state index contributed by atoms with van der Waals surface area (Å²) in [4.78, 5) is 13.5. The van der Waals surface area contributed by atoms with Gasteiger partial charge in [-0.25, -0.2) is 4.39 Å². The number of carbonyl (C=O) groups excluding carboxylic acids is 1. The summed E-state index contributed by atoms with van der Waals surface area (Å²) in [7, 11) is 0. The van der Waals surface area contributed by atoms with Crippen LogP contribution in [0, 0.1) is 11.2 Å². The number of halogens is 1. The molecule has 0 radical (unpaired) electrons. The van der Waals surface area contributed by atoms with E-state index in [1.807, 2.05) is 11.8 Å². The van der Waals surface area contributed by atoms with Crippen LogP contribution in [0.2, 0.25) is 0 Å². The molecule has 1 aliphatic heterocycles. The van der Waals surface area contributed by atoms with Crippen LogP contribution in [-0.4, -0.2) is 30.4 Å². The molecule has 4 N–H and O–H groups in total. The largest absolute Gasteiger partial charge is 0.369 e. The summed E-state index contributed by atoms with van der Waals surface area (Å²) in [5, 5.41) is 0. The van der Waals surface area contributed by atoms with Crippen molar-refractivity contribution < 1.29 is 9.18 Å². The van der Waals surface area contributed by atoms with Crippen LogP contribution in [0.5, 0.6) is 0 Å². The molecule has 1 aromatic rings. The normalized spacial score (nSPS) is 25.4. The van der Waals surface area contributed by atoms with Crippen LogP contribution < -0.4 is 11.5 Å². The van der Waals surface area contributed by atoms with Crippen LogP contribution in [0.3, 0.4) is 0 Å². The van der Waals surface area contributed by atoms with Crippen molar-refractivity contribution in [3.05, 3.63) is 35.6 Å². The van der Waals surface area contributed by atoms with E-state index in [-0.39, 0.29) is 17.8 Å². The Morgan fingerprint density at radius 3 is 2.74 bits per heavy atom. The number of hydrogen-bond donors (Lipinski definition) is 2.